The van der Waals surface area contributed by atoms with Crippen LogP contribution >= 0.6 is 0 Å². The number of benzene rings is 1. The average molecular weight is 274 g/mol. The minimum atomic E-state index is 0.157. The molecule has 0 fully saturated rings. The molecule has 0 bridgehead atoms. The summed E-state index contributed by atoms with van der Waals surface area (Å²) in [7, 11) is 0. The van der Waals surface area contributed by atoms with Crippen LogP contribution in [0.4, 0.5) is 5.82 Å². The zero-order chi connectivity index (χ0) is 13.9. The van der Waals surface area contributed by atoms with Crippen LogP contribution < -0.4 is 14.8 Å². The summed E-state index contributed by atoms with van der Waals surface area (Å²) in [5, 5.41) is 14.4. The Labute approximate surface area is 117 Å². The van der Waals surface area contributed by atoms with E-state index in [0.29, 0.717) is 19.8 Å². The quantitative estimate of drug-likeness (QED) is 0.893. The lowest BCUT2D eigenvalue weighted by Crippen LogP contribution is -2.16. The number of fused-ring (bicyclic) bond motifs is 2. The minimum Gasteiger partial charge on any atom is -0.486 e. The van der Waals surface area contributed by atoms with Crippen molar-refractivity contribution < 1.29 is 14.6 Å². The molecule has 20 heavy (non-hydrogen) atoms. The maximum atomic E-state index is 9.09. The van der Waals surface area contributed by atoms with Crippen molar-refractivity contribution in [1.82, 2.24) is 4.98 Å². The van der Waals surface area contributed by atoms with Crippen molar-refractivity contribution in [3.63, 3.8) is 0 Å². The van der Waals surface area contributed by atoms with Crippen LogP contribution in [-0.2, 0) is 0 Å². The van der Waals surface area contributed by atoms with E-state index >= 15 is 0 Å². The number of hydrogen-bond donors (Lipinski definition) is 2. The molecule has 0 amide bonds. The van der Waals surface area contributed by atoms with Crippen molar-refractivity contribution >= 4 is 16.6 Å². The van der Waals surface area contributed by atoms with E-state index < -0.39 is 0 Å². The third-order valence-electron chi connectivity index (χ3n) is 3.36. The molecule has 0 radical (unpaired) electrons. The Balaban J connectivity index is 1.96. The number of aliphatic hydroxyl groups is 1. The van der Waals surface area contributed by atoms with Gasteiger partial charge in [0.15, 0.2) is 11.5 Å². The van der Waals surface area contributed by atoms with Crippen LogP contribution in [0.2, 0.25) is 0 Å². The van der Waals surface area contributed by atoms with E-state index in [9.17, 15) is 0 Å². The van der Waals surface area contributed by atoms with Crippen LogP contribution in [0.1, 0.15) is 6.92 Å². The van der Waals surface area contributed by atoms with Crippen molar-refractivity contribution in [2.24, 2.45) is 5.92 Å². The Morgan fingerprint density at radius 2 is 2.05 bits per heavy atom. The Bertz CT molecular complexity index is 615. The fraction of sp³-hybridized carbons (Fsp3) is 0.400. The van der Waals surface area contributed by atoms with Crippen LogP contribution in [0.3, 0.4) is 0 Å². The number of anilines is 1. The Morgan fingerprint density at radius 1 is 1.30 bits per heavy atom. The second-order valence-electron chi connectivity index (χ2n) is 5.05. The molecule has 1 atom stereocenters. The molecule has 106 valence electrons. The predicted octanol–water partition coefficient (Wildman–Crippen LogP) is 2.05. The van der Waals surface area contributed by atoms with Gasteiger partial charge in [-0.25, -0.2) is 4.98 Å². The van der Waals surface area contributed by atoms with Crippen LogP contribution in [-0.4, -0.2) is 36.5 Å². The first-order chi connectivity index (χ1) is 9.78. The van der Waals surface area contributed by atoms with Gasteiger partial charge in [-0.3, -0.25) is 0 Å². The van der Waals surface area contributed by atoms with Crippen molar-refractivity contribution in [3.8, 4) is 11.5 Å². The molecule has 3 rings (SSSR count). The number of nitrogens with zero attached hydrogens (tertiary/aromatic N) is 1. The molecule has 1 unspecified atom stereocenters. The number of pyridine rings is 1. The average Bonchev–Trinajstić information content (AvgIpc) is 2.50. The van der Waals surface area contributed by atoms with Gasteiger partial charge in [-0.1, -0.05) is 6.92 Å². The number of rotatable bonds is 4. The van der Waals surface area contributed by atoms with E-state index in [1.807, 2.05) is 25.1 Å². The lowest BCUT2D eigenvalue weighted by Gasteiger charge is -2.19. The van der Waals surface area contributed by atoms with Gasteiger partial charge < -0.3 is 19.9 Å². The van der Waals surface area contributed by atoms with E-state index in [-0.39, 0.29) is 12.5 Å². The normalized spacial score (nSPS) is 15.1. The fourth-order valence-corrected chi connectivity index (χ4v) is 2.19. The largest absolute Gasteiger partial charge is 0.486 e. The summed E-state index contributed by atoms with van der Waals surface area (Å²) in [5.74, 6) is 2.53. The summed E-state index contributed by atoms with van der Waals surface area (Å²) >= 11 is 0. The molecule has 1 aromatic heterocycles. The van der Waals surface area contributed by atoms with Crippen molar-refractivity contribution in [2.45, 2.75) is 6.92 Å². The van der Waals surface area contributed by atoms with Gasteiger partial charge in [0, 0.05) is 24.7 Å². The molecule has 2 aromatic rings. The van der Waals surface area contributed by atoms with Crippen molar-refractivity contribution in [1.29, 1.82) is 0 Å². The van der Waals surface area contributed by atoms with Crippen LogP contribution in [0.15, 0.2) is 24.4 Å². The summed E-state index contributed by atoms with van der Waals surface area (Å²) < 4.78 is 11.2. The summed E-state index contributed by atoms with van der Waals surface area (Å²) in [6.07, 6.45) is 1.77. The van der Waals surface area contributed by atoms with Crippen LogP contribution in [0.25, 0.3) is 10.8 Å². The first-order valence-electron chi connectivity index (χ1n) is 6.81. The van der Waals surface area contributed by atoms with E-state index in [0.717, 1.165) is 28.1 Å². The first-order valence-corrected chi connectivity index (χ1v) is 6.81. The van der Waals surface area contributed by atoms with Gasteiger partial charge in [0.05, 0.1) is 0 Å². The zero-order valence-electron chi connectivity index (χ0n) is 11.4. The number of hydrogen-bond acceptors (Lipinski definition) is 5. The highest BCUT2D eigenvalue weighted by Crippen LogP contribution is 2.36. The van der Waals surface area contributed by atoms with Gasteiger partial charge in [-0.2, -0.15) is 0 Å². The summed E-state index contributed by atoms with van der Waals surface area (Å²) in [6.45, 7) is 3.98. The van der Waals surface area contributed by atoms with Crippen LogP contribution in [0.5, 0.6) is 11.5 Å². The second kappa shape index (κ2) is 5.54. The third kappa shape index (κ3) is 2.49. The predicted molar refractivity (Wildman–Crippen MR) is 77.5 cm³/mol. The van der Waals surface area contributed by atoms with E-state index in [1.54, 1.807) is 6.20 Å². The Hall–Kier alpha value is -2.01. The van der Waals surface area contributed by atoms with Crippen molar-refractivity contribution in [2.75, 3.05) is 31.7 Å². The maximum Gasteiger partial charge on any atom is 0.162 e. The summed E-state index contributed by atoms with van der Waals surface area (Å²) in [5.41, 5.74) is 0. The van der Waals surface area contributed by atoms with Gasteiger partial charge >= 0.3 is 0 Å². The summed E-state index contributed by atoms with van der Waals surface area (Å²) in [6, 6.07) is 5.89. The van der Waals surface area contributed by atoms with Gasteiger partial charge in [0.25, 0.3) is 0 Å². The smallest absolute Gasteiger partial charge is 0.162 e. The molecular weight excluding hydrogens is 256 g/mol. The lowest BCUT2D eigenvalue weighted by atomic mass is 10.1. The molecule has 0 saturated heterocycles. The number of aromatic nitrogens is 1. The minimum absolute atomic E-state index is 0.157. The molecule has 0 aliphatic carbocycles. The third-order valence-corrected chi connectivity index (χ3v) is 3.36. The Morgan fingerprint density at radius 3 is 2.80 bits per heavy atom. The highest BCUT2D eigenvalue weighted by molar-refractivity contribution is 5.94. The number of nitrogens with one attached hydrogen (secondary N) is 1. The van der Waals surface area contributed by atoms with Gasteiger partial charge in [0.1, 0.15) is 19.0 Å². The van der Waals surface area contributed by atoms with E-state index in [4.69, 9.17) is 14.6 Å². The monoisotopic (exact) mass is 274 g/mol. The summed E-state index contributed by atoms with van der Waals surface area (Å²) in [4.78, 5) is 4.37. The van der Waals surface area contributed by atoms with E-state index in [2.05, 4.69) is 10.3 Å². The molecular formula is C15H18N2O3. The standard InChI is InChI=1S/C15H18N2O3/c1-10(9-18)8-17-15-12-7-14-13(19-4-5-20-14)6-11(12)2-3-16-15/h2-3,6-7,10,18H,4-5,8-9H2,1H3,(H,16,17). The zero-order valence-corrected chi connectivity index (χ0v) is 11.4. The molecule has 2 N–H and O–H groups in total. The molecule has 2 heterocycles. The lowest BCUT2D eigenvalue weighted by molar-refractivity contribution is 0.172. The van der Waals surface area contributed by atoms with Crippen LogP contribution in [0, 0.1) is 5.92 Å². The highest BCUT2D eigenvalue weighted by atomic mass is 16.6. The van der Waals surface area contributed by atoms with E-state index in [1.165, 1.54) is 0 Å². The maximum absolute atomic E-state index is 9.09. The Kier molecular flexibility index (Phi) is 3.60. The molecule has 0 spiro atoms. The van der Waals surface area contributed by atoms with Gasteiger partial charge in [-0.05, 0) is 29.5 Å². The molecule has 1 aliphatic heterocycles. The van der Waals surface area contributed by atoms with Gasteiger partial charge in [0.2, 0.25) is 0 Å². The first kappa shape index (κ1) is 13.0. The van der Waals surface area contributed by atoms with Crippen molar-refractivity contribution in [3.05, 3.63) is 24.4 Å². The SMILES string of the molecule is CC(CO)CNc1nccc2cc3c(cc12)OCCO3. The highest BCUT2D eigenvalue weighted by Gasteiger charge is 2.14. The molecule has 5 heteroatoms. The molecule has 0 saturated carbocycles. The topological polar surface area (TPSA) is 63.6 Å². The molecule has 5 nitrogen and oxygen atoms in total. The fourth-order valence-electron chi connectivity index (χ4n) is 2.19. The number of aliphatic hydroxyl groups excluding tert-OH is 1. The van der Waals surface area contributed by atoms with Gasteiger partial charge in [-0.15, -0.1) is 0 Å². The second-order valence-corrected chi connectivity index (χ2v) is 5.05. The molecule has 1 aromatic carbocycles. The number of ether oxygens (including phenoxy) is 2. The molecule has 1 aliphatic rings.